The zero-order valence-corrected chi connectivity index (χ0v) is 74.3. The summed E-state index contributed by atoms with van der Waals surface area (Å²) < 4.78 is 9.74. The quantitative estimate of drug-likeness (QED) is 0.0801. The van der Waals surface area contributed by atoms with Crippen LogP contribution in [0.1, 0.15) is 22.3 Å². The molecule has 0 aliphatic rings. The van der Waals surface area contributed by atoms with E-state index in [0.717, 1.165) is 81.9 Å². The van der Waals surface area contributed by atoms with Gasteiger partial charge in [0.05, 0.1) is 27.5 Å². The molecule has 0 spiro atoms. The molecule has 0 aliphatic heterocycles. The molecule has 0 amide bonds. The minimum atomic E-state index is 0. The van der Waals surface area contributed by atoms with Gasteiger partial charge in [-0.05, 0) is 78.7 Å². The van der Waals surface area contributed by atoms with Crippen LogP contribution in [0, 0.1) is 3.70 Å². The normalized spacial score (nSPS) is 10.5. The van der Waals surface area contributed by atoms with E-state index in [1.165, 1.54) is 0 Å². The summed E-state index contributed by atoms with van der Waals surface area (Å²) in [5.41, 5.74) is 55.0. The van der Waals surface area contributed by atoms with Gasteiger partial charge in [0.15, 0.2) is 0 Å². The number of imidazole rings is 4. The summed E-state index contributed by atoms with van der Waals surface area (Å²) in [5, 5.41) is 2.50. The Hall–Kier alpha value is -5.87. The number of nitrogens with zero attached hydrogens (tertiary/aromatic N) is 10. The van der Waals surface area contributed by atoms with E-state index in [-0.39, 0.29) is 131 Å². The van der Waals surface area contributed by atoms with Crippen LogP contribution in [0.25, 0.3) is 90.0 Å². The molecular weight excluding hydrogens is 1930 g/mol. The molecule has 0 saturated heterocycles. The van der Waals surface area contributed by atoms with Gasteiger partial charge < -0.3 is 28.7 Å². The fraction of sp³-hybridized carbons (Fsp3) is 0. The Morgan fingerprint density at radius 3 is 1.07 bits per heavy atom. The molecule has 6 N–H and O–H groups in total. The summed E-state index contributed by atoms with van der Waals surface area (Å²) >= 11 is 34.8. The molecule has 8 heterocycles. The summed E-state index contributed by atoms with van der Waals surface area (Å²) in [5.74, 6) is 1.83. The molecule has 104 heavy (non-hydrogen) atoms. The number of benzene rings is 8. The van der Waals surface area contributed by atoms with Crippen molar-refractivity contribution in [2.75, 3.05) is 5.73 Å². The van der Waals surface area contributed by atoms with E-state index in [1.54, 1.807) is 53.5 Å². The zero-order chi connectivity index (χ0) is 69.6. The molecule has 15 nitrogen and oxygen atoms in total. The van der Waals surface area contributed by atoms with Crippen molar-refractivity contribution < 1.29 is 131 Å². The third-order valence-corrected chi connectivity index (χ3v) is 19.5. The molecule has 0 fully saturated rings. The number of hydrogen-bond donors (Lipinski definition) is 1. The van der Waals surface area contributed by atoms with Gasteiger partial charge in [-0.15, -0.1) is 0 Å². The van der Waals surface area contributed by atoms with E-state index in [9.17, 15) is 0 Å². The maximum atomic E-state index is 8.55. The molecule has 16 rings (SSSR count). The van der Waals surface area contributed by atoms with Gasteiger partial charge >= 0.3 is 0 Å². The number of aliphatic imine (C=N–C) groups is 2. The Kier molecular flexibility index (Phi) is 29.9. The topological polar surface area (TPSA) is 215 Å². The Balaban J connectivity index is 0.000000163. The average molecular weight is 1980 g/mol. The number of rotatable bonds is 10. The first-order valence-corrected chi connectivity index (χ1v) is 34.9. The van der Waals surface area contributed by atoms with Crippen molar-refractivity contribution in [2.24, 2.45) is 9.98 Å². The molecule has 8 aromatic carbocycles. The second-order valence-electron chi connectivity index (χ2n) is 22.2. The predicted octanol–water partition coefficient (Wildman–Crippen LogP) is 25.4. The second kappa shape index (κ2) is 37.8. The third-order valence-electron chi connectivity index (χ3n) is 16.0. The average Bonchev–Trinajstić information content (AvgIpc) is 1.50. The SMILES string of the molecule is [NH-]c1cc(-c2ccccc2Cl)c(I)n2ccnc12.[NH-]c1cc(-c2ccccc2Cl)c(N)n2c(Br)cnc12.[NH-]c1cc(-c2ccccc2Cl)c(N=C(c2ccccc2)c2ccccc2)n2c(Br)cnc12.[NH-]c1cc(-c2ccccc2Cl)c(N=C(c2ccccc2)c2ccccc2)n2ccnc12.[Y].[Y].[Y].[Y]. The number of nitrogens with two attached hydrogens (primary N) is 1. The van der Waals surface area contributed by atoms with Crippen molar-refractivity contribution in [2.45, 2.75) is 0 Å². The van der Waals surface area contributed by atoms with Crippen LogP contribution in [0.15, 0.2) is 299 Å². The van der Waals surface area contributed by atoms with Crippen LogP contribution in [0.3, 0.4) is 0 Å². The van der Waals surface area contributed by atoms with Crippen molar-refractivity contribution in [3.63, 3.8) is 0 Å². The molecule has 0 saturated carbocycles. The number of anilines is 1. The van der Waals surface area contributed by atoms with Gasteiger partial charge in [0, 0.05) is 242 Å². The summed E-state index contributed by atoms with van der Waals surface area (Å²) in [7, 11) is 0. The van der Waals surface area contributed by atoms with Gasteiger partial charge in [-0.1, -0.05) is 288 Å². The predicted molar refractivity (Wildman–Crippen MR) is 427 cm³/mol. The number of hydrogen-bond acceptors (Lipinski definition) is 7. The van der Waals surface area contributed by atoms with Crippen LogP contribution >= 0.6 is 101 Å². The molecule has 26 heteroatoms. The smallest absolute Gasteiger partial charge is 0.147 e. The van der Waals surface area contributed by atoms with Crippen molar-refractivity contribution >= 4 is 175 Å². The van der Waals surface area contributed by atoms with Gasteiger partial charge in [-0.2, -0.15) is 0 Å². The van der Waals surface area contributed by atoms with Gasteiger partial charge in [0.25, 0.3) is 0 Å². The molecule has 0 bridgehead atoms. The standard InChI is InChI=1S/C26H17BrClN4.C26H18ClN4.C13H9BrClN4.C13H8ClIN3.4Y/c27-23-16-30-26-22(29)15-20(19-13-7-8-14-21(19)28)25(32(23)26)31-24(17-9-3-1-4-10-17)18-11-5-2-6-12-18;27-22-14-8-7-13-20(22)21-17-23(28)26-29-15-16-31(26)25(21)30-24(18-9-3-1-4-10-18)19-11-5-2-6-12-19;14-11-6-18-13-10(16)5-8(12(17)19(11)13)7-3-1-2-4-9(7)15;14-10-4-2-1-3-8(10)9-7-11(16)13-17-5-6-18(13)12(9)15;;;;/h1-16,29H;1-17,28H;1-6,16H,17H2;1-7,16H;;;;/q4*-1;;;;. The second-order valence-corrected chi connectivity index (χ2v) is 26.5. The number of nitrogen functional groups attached to an aromatic ring is 1. The molecule has 0 unspecified atom stereocenters. The van der Waals surface area contributed by atoms with E-state index >= 15 is 0 Å². The van der Waals surface area contributed by atoms with Crippen LogP contribution in [0.4, 0.5) is 40.2 Å². The van der Waals surface area contributed by atoms with E-state index < -0.39 is 0 Å². The van der Waals surface area contributed by atoms with E-state index in [4.69, 9.17) is 85.1 Å². The Bertz CT molecular complexity index is 5670. The Morgan fingerprint density at radius 1 is 0.356 bits per heavy atom. The number of nitrogens with one attached hydrogen (secondary N) is 4. The van der Waals surface area contributed by atoms with Crippen molar-refractivity contribution in [3.8, 4) is 44.5 Å². The molecule has 8 aromatic heterocycles. The van der Waals surface area contributed by atoms with Crippen LogP contribution in [-0.4, -0.2) is 49.0 Å². The largest absolute Gasteiger partial charge is 0.696 e. The maximum absolute atomic E-state index is 8.55. The van der Waals surface area contributed by atoms with Gasteiger partial charge in [0.2, 0.25) is 0 Å². The zero-order valence-electron chi connectivity index (χ0n) is 54.6. The van der Waals surface area contributed by atoms with Gasteiger partial charge in [-0.25, -0.2) is 29.9 Å². The van der Waals surface area contributed by atoms with Crippen LogP contribution in [0.2, 0.25) is 20.1 Å². The molecule has 0 atom stereocenters. The van der Waals surface area contributed by atoms with Crippen molar-refractivity contribution in [3.05, 3.63) is 358 Å². The number of fused-ring (bicyclic) bond motifs is 4. The third kappa shape index (κ3) is 18.0. The molecular formula is C78H52Br2Cl4IN15Y4-4. The maximum Gasteiger partial charge on any atom is 0.147 e. The van der Waals surface area contributed by atoms with Crippen molar-refractivity contribution in [1.29, 1.82) is 0 Å². The minimum Gasteiger partial charge on any atom is -0.696 e. The number of aromatic nitrogens is 8. The minimum absolute atomic E-state index is 0. The number of pyridine rings is 4. The van der Waals surface area contributed by atoms with Crippen LogP contribution in [0.5, 0.6) is 0 Å². The fourth-order valence-electron chi connectivity index (χ4n) is 11.3. The summed E-state index contributed by atoms with van der Waals surface area (Å²) in [6.07, 6.45) is 10.4. The fourth-order valence-corrected chi connectivity index (χ4v) is 14.0. The molecule has 0 aliphatic carbocycles. The van der Waals surface area contributed by atoms with Crippen molar-refractivity contribution in [1.82, 2.24) is 37.5 Å². The summed E-state index contributed by atoms with van der Waals surface area (Å²) in [4.78, 5) is 27.4. The van der Waals surface area contributed by atoms with Gasteiger partial charge in [0.1, 0.15) is 49.2 Å². The summed E-state index contributed by atoms with van der Waals surface area (Å²) in [6, 6.07) is 77.7. The van der Waals surface area contributed by atoms with E-state index in [1.807, 2.05) is 244 Å². The first kappa shape index (κ1) is 82.2. The monoisotopic (exact) mass is 1980 g/mol. The molecule has 4 radical (unpaired) electrons. The first-order chi connectivity index (χ1) is 48.6. The summed E-state index contributed by atoms with van der Waals surface area (Å²) in [6.45, 7) is 0. The van der Waals surface area contributed by atoms with Gasteiger partial charge in [-0.3, -0.25) is 17.6 Å². The Labute approximate surface area is 750 Å². The Morgan fingerprint density at radius 2 is 0.654 bits per heavy atom. The van der Waals surface area contributed by atoms with E-state index in [2.05, 4.69) is 74.4 Å². The molecule has 504 valence electrons. The first-order valence-electron chi connectivity index (χ1n) is 30.7. The van der Waals surface area contributed by atoms with Crippen LogP contribution < -0.4 is 5.73 Å². The van der Waals surface area contributed by atoms with E-state index in [0.29, 0.717) is 92.1 Å². The molecule has 16 aromatic rings. The number of halogens is 7. The van der Waals surface area contributed by atoms with Crippen LogP contribution in [-0.2, 0) is 131 Å².